The Hall–Kier alpha value is -1.34. The van der Waals surface area contributed by atoms with Crippen molar-refractivity contribution in [2.45, 2.75) is 103 Å². The molecule has 3 heteroatoms. The highest BCUT2D eigenvalue weighted by Crippen LogP contribution is 2.69. The van der Waals surface area contributed by atoms with E-state index < -0.39 is 17.8 Å². The van der Waals surface area contributed by atoms with Crippen molar-refractivity contribution < 1.29 is 15.3 Å². The molecule has 4 aliphatic carbocycles. The summed E-state index contributed by atoms with van der Waals surface area (Å²) in [4.78, 5) is 0. The van der Waals surface area contributed by atoms with Crippen molar-refractivity contribution in [2.24, 2.45) is 22.7 Å². The molecule has 0 aliphatic heterocycles. The second-order valence-electron chi connectivity index (χ2n) is 11.5. The SMILES string of the molecule is C=C1C(=CC=C2CCC[C@]3(C)[C@@H](C4(CC#CC(C)(C)O)CC4)CC[C@@H]23)C[C@@H](O)C[C@@H]1O. The number of allylic oxidation sites excluding steroid dienone is 3. The number of aliphatic hydroxyl groups excluding tert-OH is 2. The smallest absolute Gasteiger partial charge is 0.119 e. The third-order valence-electron chi connectivity index (χ3n) is 8.69. The molecule has 3 nitrogen and oxygen atoms in total. The van der Waals surface area contributed by atoms with Crippen LogP contribution < -0.4 is 0 Å². The van der Waals surface area contributed by atoms with Crippen LogP contribution in [0, 0.1) is 34.5 Å². The van der Waals surface area contributed by atoms with Gasteiger partial charge in [-0.1, -0.05) is 43.1 Å². The summed E-state index contributed by atoms with van der Waals surface area (Å²) in [7, 11) is 0. The zero-order valence-electron chi connectivity index (χ0n) is 19.6. The molecule has 0 spiro atoms. The van der Waals surface area contributed by atoms with Gasteiger partial charge in [-0.3, -0.25) is 0 Å². The summed E-state index contributed by atoms with van der Waals surface area (Å²) >= 11 is 0. The molecule has 0 bridgehead atoms. The maximum absolute atomic E-state index is 10.2. The van der Waals surface area contributed by atoms with Crippen molar-refractivity contribution in [3.05, 3.63) is 35.5 Å². The van der Waals surface area contributed by atoms with E-state index in [2.05, 4.69) is 37.5 Å². The van der Waals surface area contributed by atoms with Gasteiger partial charge in [0.25, 0.3) is 0 Å². The van der Waals surface area contributed by atoms with E-state index in [0.717, 1.165) is 24.0 Å². The molecule has 4 fully saturated rings. The van der Waals surface area contributed by atoms with E-state index in [-0.39, 0.29) is 0 Å². The second-order valence-corrected chi connectivity index (χ2v) is 11.5. The van der Waals surface area contributed by atoms with Gasteiger partial charge in [0.1, 0.15) is 5.60 Å². The predicted octanol–water partition coefficient (Wildman–Crippen LogP) is 5.07. The van der Waals surface area contributed by atoms with E-state index in [4.69, 9.17) is 0 Å². The average molecular weight is 425 g/mol. The molecule has 0 heterocycles. The molecule has 0 radical (unpaired) electrons. The van der Waals surface area contributed by atoms with Crippen molar-refractivity contribution in [2.75, 3.05) is 0 Å². The lowest BCUT2D eigenvalue weighted by molar-refractivity contribution is 0.0815. The van der Waals surface area contributed by atoms with Gasteiger partial charge < -0.3 is 15.3 Å². The van der Waals surface area contributed by atoms with E-state index in [0.29, 0.717) is 35.5 Å². The molecule has 4 saturated carbocycles. The van der Waals surface area contributed by atoms with Gasteiger partial charge >= 0.3 is 0 Å². The maximum Gasteiger partial charge on any atom is 0.119 e. The minimum atomic E-state index is -0.906. The molecule has 3 N–H and O–H groups in total. The van der Waals surface area contributed by atoms with E-state index >= 15 is 0 Å². The van der Waals surface area contributed by atoms with Crippen LogP contribution in [0.3, 0.4) is 0 Å². The van der Waals surface area contributed by atoms with Crippen molar-refractivity contribution >= 4 is 0 Å². The van der Waals surface area contributed by atoms with Gasteiger partial charge in [0.05, 0.1) is 12.2 Å². The Morgan fingerprint density at radius 3 is 2.58 bits per heavy atom. The maximum atomic E-state index is 10.2. The lowest BCUT2D eigenvalue weighted by Gasteiger charge is -2.45. The first-order valence-electron chi connectivity index (χ1n) is 12.2. The summed E-state index contributed by atoms with van der Waals surface area (Å²) in [6, 6.07) is 0. The zero-order chi connectivity index (χ0) is 22.4. The van der Waals surface area contributed by atoms with Crippen LogP contribution in [0.2, 0.25) is 0 Å². The summed E-state index contributed by atoms with van der Waals surface area (Å²) in [6.45, 7) is 10.1. The molecule has 0 aromatic carbocycles. The van der Waals surface area contributed by atoms with Gasteiger partial charge in [-0.05, 0) is 99.0 Å². The van der Waals surface area contributed by atoms with E-state index in [1.165, 1.54) is 38.5 Å². The zero-order valence-corrected chi connectivity index (χ0v) is 19.6. The van der Waals surface area contributed by atoms with Gasteiger partial charge in [0, 0.05) is 12.8 Å². The van der Waals surface area contributed by atoms with Crippen LogP contribution in [0.15, 0.2) is 35.5 Å². The van der Waals surface area contributed by atoms with Crippen LogP contribution in [0.5, 0.6) is 0 Å². The molecule has 170 valence electrons. The van der Waals surface area contributed by atoms with Crippen LogP contribution >= 0.6 is 0 Å². The Kier molecular flexibility index (Phi) is 6.05. The van der Waals surface area contributed by atoms with Crippen LogP contribution in [0.1, 0.15) is 85.0 Å². The Balaban J connectivity index is 1.53. The molecule has 0 amide bonds. The molecule has 0 saturated heterocycles. The van der Waals surface area contributed by atoms with E-state index in [1.54, 1.807) is 19.4 Å². The molecule has 31 heavy (non-hydrogen) atoms. The molecular weight excluding hydrogens is 384 g/mol. The Bertz CT molecular complexity index is 842. The summed E-state index contributed by atoms with van der Waals surface area (Å²) in [5.41, 5.74) is 3.10. The predicted molar refractivity (Wildman–Crippen MR) is 125 cm³/mol. The second kappa shape index (κ2) is 8.22. The number of hydrogen-bond acceptors (Lipinski definition) is 3. The number of hydrogen-bond donors (Lipinski definition) is 3. The minimum absolute atomic E-state index is 0.331. The third-order valence-corrected chi connectivity index (χ3v) is 8.69. The van der Waals surface area contributed by atoms with Crippen molar-refractivity contribution in [3.63, 3.8) is 0 Å². The highest BCUT2D eigenvalue weighted by atomic mass is 16.3. The topological polar surface area (TPSA) is 60.7 Å². The van der Waals surface area contributed by atoms with E-state index in [9.17, 15) is 15.3 Å². The summed E-state index contributed by atoms with van der Waals surface area (Å²) in [5.74, 6) is 7.70. The standard InChI is InChI=1S/C28H40O3/c1-19-21(17-22(29)18-24(19)30)9-8-20-7-5-13-27(4)23(20)10-11-25(27)28(15-16-28)14-6-12-26(2,3)31/h8-9,22-25,29-31H,1,5,7,10-11,13-18H2,2-4H3/t22-,23+,24+,25+,27+/m1/s1. The van der Waals surface area contributed by atoms with Crippen LogP contribution in [0.25, 0.3) is 0 Å². The van der Waals surface area contributed by atoms with Gasteiger partial charge in [-0.15, -0.1) is 0 Å². The lowest BCUT2D eigenvalue weighted by Crippen LogP contribution is -2.37. The quantitative estimate of drug-likeness (QED) is 0.554. The van der Waals surface area contributed by atoms with Crippen molar-refractivity contribution in [3.8, 4) is 11.8 Å². The fourth-order valence-corrected chi connectivity index (χ4v) is 6.96. The normalized spacial score (nSPS) is 39.9. The number of aliphatic hydroxyl groups is 3. The highest BCUT2D eigenvalue weighted by molar-refractivity contribution is 5.39. The molecule has 0 unspecified atom stereocenters. The van der Waals surface area contributed by atoms with Crippen molar-refractivity contribution in [1.82, 2.24) is 0 Å². The van der Waals surface area contributed by atoms with Gasteiger partial charge in [0.2, 0.25) is 0 Å². The highest BCUT2D eigenvalue weighted by Gasteiger charge is 2.60. The molecule has 0 aromatic rings. The third kappa shape index (κ3) is 4.58. The summed E-state index contributed by atoms with van der Waals surface area (Å²) < 4.78 is 0. The first-order valence-corrected chi connectivity index (χ1v) is 12.2. The van der Waals surface area contributed by atoms with E-state index in [1.807, 2.05) is 0 Å². The lowest BCUT2D eigenvalue weighted by atomic mass is 9.59. The molecule has 0 aromatic heterocycles. The fourth-order valence-electron chi connectivity index (χ4n) is 6.96. The average Bonchev–Trinajstić information content (AvgIpc) is 3.35. The monoisotopic (exact) mass is 424 g/mol. The number of fused-ring (bicyclic) bond motifs is 1. The Morgan fingerprint density at radius 1 is 1.16 bits per heavy atom. The van der Waals surface area contributed by atoms with Crippen LogP contribution in [-0.2, 0) is 0 Å². The molecule has 4 aliphatic rings. The van der Waals surface area contributed by atoms with Crippen LogP contribution in [0.4, 0.5) is 0 Å². The minimum Gasteiger partial charge on any atom is -0.393 e. The number of rotatable bonds is 3. The van der Waals surface area contributed by atoms with Crippen LogP contribution in [-0.4, -0.2) is 33.1 Å². The Morgan fingerprint density at radius 2 is 1.90 bits per heavy atom. The Labute approximate surface area is 188 Å². The first kappa shape index (κ1) is 22.8. The van der Waals surface area contributed by atoms with Gasteiger partial charge in [-0.2, -0.15) is 0 Å². The largest absolute Gasteiger partial charge is 0.393 e. The molecule has 5 atom stereocenters. The summed E-state index contributed by atoms with van der Waals surface area (Å²) in [5, 5.41) is 30.2. The first-order chi connectivity index (χ1) is 14.5. The van der Waals surface area contributed by atoms with Gasteiger partial charge in [0.15, 0.2) is 0 Å². The molecule has 4 rings (SSSR count). The van der Waals surface area contributed by atoms with Crippen molar-refractivity contribution in [1.29, 1.82) is 0 Å². The fraction of sp³-hybridized carbons (Fsp3) is 0.714. The van der Waals surface area contributed by atoms with Gasteiger partial charge in [-0.25, -0.2) is 0 Å². The summed E-state index contributed by atoms with van der Waals surface area (Å²) in [6.07, 6.45) is 14.0. The molecular formula is C28H40O3.